The van der Waals surface area contributed by atoms with Crippen molar-refractivity contribution in [2.24, 2.45) is 15.8 Å². The van der Waals surface area contributed by atoms with Gasteiger partial charge in [0.25, 0.3) is 0 Å². The summed E-state index contributed by atoms with van der Waals surface area (Å²) in [6.45, 7) is 9.57. The predicted octanol–water partition coefficient (Wildman–Crippen LogP) is 3.96. The van der Waals surface area contributed by atoms with Crippen molar-refractivity contribution in [3.8, 4) is 0 Å². The van der Waals surface area contributed by atoms with Crippen molar-refractivity contribution in [1.82, 2.24) is 10.6 Å². The second-order valence-corrected chi connectivity index (χ2v) is 7.95. The van der Waals surface area contributed by atoms with Gasteiger partial charge in [-0.3, -0.25) is 4.99 Å². The zero-order chi connectivity index (χ0) is 18.0. The molecule has 2 saturated carbocycles. The molecule has 2 N–H and O–H groups in total. The number of halogens is 1. The molecule has 2 aliphatic rings. The van der Waals surface area contributed by atoms with Crippen LogP contribution in [0.3, 0.4) is 0 Å². The van der Waals surface area contributed by atoms with Crippen molar-refractivity contribution in [2.75, 3.05) is 46.6 Å². The molecule has 0 spiro atoms. The standard InChI is InChI=1S/C20H39N3O2.HI/c1-4-21-18(23-17-20(10-11-20)13-15-25-5-2)22-16-19(12-14-24-3)8-6-7-9-19;/h4-17H2,1-3H3,(H2,21,22,23);1H. The van der Waals surface area contributed by atoms with Crippen LogP contribution in [0.15, 0.2) is 4.99 Å². The number of methoxy groups -OCH3 is 1. The number of hydrogen-bond donors (Lipinski definition) is 2. The van der Waals surface area contributed by atoms with Crippen LogP contribution in [0, 0.1) is 10.8 Å². The average molecular weight is 481 g/mol. The normalized spacial score (nSPS) is 20.5. The monoisotopic (exact) mass is 481 g/mol. The van der Waals surface area contributed by atoms with Crippen LogP contribution in [0.5, 0.6) is 0 Å². The summed E-state index contributed by atoms with van der Waals surface area (Å²) < 4.78 is 10.9. The molecule has 0 aliphatic heterocycles. The van der Waals surface area contributed by atoms with Gasteiger partial charge in [0.15, 0.2) is 5.96 Å². The number of rotatable bonds is 12. The maximum Gasteiger partial charge on any atom is 0.191 e. The molecule has 0 aromatic heterocycles. The van der Waals surface area contributed by atoms with E-state index in [0.717, 1.165) is 58.3 Å². The Hall–Kier alpha value is -0.0800. The zero-order valence-corrected chi connectivity index (χ0v) is 19.4. The van der Waals surface area contributed by atoms with Gasteiger partial charge in [-0.15, -0.1) is 24.0 Å². The van der Waals surface area contributed by atoms with Crippen LogP contribution in [-0.4, -0.2) is 52.5 Å². The van der Waals surface area contributed by atoms with Gasteiger partial charge >= 0.3 is 0 Å². The fourth-order valence-corrected chi connectivity index (χ4v) is 3.92. The van der Waals surface area contributed by atoms with E-state index < -0.39 is 0 Å². The van der Waals surface area contributed by atoms with E-state index in [1.165, 1.54) is 38.5 Å². The Morgan fingerprint density at radius 3 is 2.23 bits per heavy atom. The molecule has 0 bridgehead atoms. The Morgan fingerprint density at radius 2 is 1.65 bits per heavy atom. The number of hydrogen-bond acceptors (Lipinski definition) is 3. The Balaban J connectivity index is 0.00000338. The minimum atomic E-state index is 0. The smallest absolute Gasteiger partial charge is 0.191 e. The lowest BCUT2D eigenvalue weighted by atomic mass is 9.83. The molecule has 0 aromatic rings. The van der Waals surface area contributed by atoms with E-state index in [0.29, 0.717) is 10.8 Å². The second-order valence-electron chi connectivity index (χ2n) is 7.95. The molecule has 5 nitrogen and oxygen atoms in total. The Labute approximate surface area is 177 Å². The summed E-state index contributed by atoms with van der Waals surface area (Å²) in [5.74, 6) is 0.980. The Morgan fingerprint density at radius 1 is 0.962 bits per heavy atom. The molecule has 0 heterocycles. The first-order valence-corrected chi connectivity index (χ1v) is 10.3. The zero-order valence-electron chi connectivity index (χ0n) is 17.1. The molecule has 0 radical (unpaired) electrons. The van der Waals surface area contributed by atoms with E-state index in [-0.39, 0.29) is 24.0 Å². The number of aliphatic imine (C=N–C) groups is 1. The molecule has 2 aliphatic carbocycles. The van der Waals surface area contributed by atoms with Gasteiger partial charge in [-0.05, 0) is 63.2 Å². The van der Waals surface area contributed by atoms with Crippen LogP contribution in [0.1, 0.15) is 65.2 Å². The highest BCUT2D eigenvalue weighted by Gasteiger charge is 2.42. The quantitative estimate of drug-likeness (QED) is 0.192. The van der Waals surface area contributed by atoms with Crippen LogP contribution >= 0.6 is 24.0 Å². The van der Waals surface area contributed by atoms with E-state index in [1.807, 2.05) is 0 Å². The third-order valence-corrected chi connectivity index (χ3v) is 5.99. The molecular formula is C20H40IN3O2. The number of ether oxygens (including phenoxy) is 2. The molecule has 2 rings (SSSR count). The van der Waals surface area contributed by atoms with Gasteiger partial charge in [-0.25, -0.2) is 0 Å². The summed E-state index contributed by atoms with van der Waals surface area (Å²) in [7, 11) is 1.80. The van der Waals surface area contributed by atoms with Crippen LogP contribution in [0.2, 0.25) is 0 Å². The van der Waals surface area contributed by atoms with Gasteiger partial charge in [-0.2, -0.15) is 0 Å². The van der Waals surface area contributed by atoms with E-state index in [1.54, 1.807) is 7.11 Å². The highest BCUT2D eigenvalue weighted by molar-refractivity contribution is 14.0. The van der Waals surface area contributed by atoms with Gasteiger partial charge in [-0.1, -0.05) is 12.8 Å². The lowest BCUT2D eigenvalue weighted by Gasteiger charge is -2.30. The number of guanidine groups is 1. The summed E-state index contributed by atoms with van der Waals surface area (Å²) in [5.41, 5.74) is 0.789. The van der Waals surface area contributed by atoms with E-state index in [4.69, 9.17) is 14.5 Å². The van der Waals surface area contributed by atoms with Crippen molar-refractivity contribution >= 4 is 29.9 Å². The summed E-state index contributed by atoms with van der Waals surface area (Å²) in [6, 6.07) is 0. The van der Waals surface area contributed by atoms with Crippen molar-refractivity contribution < 1.29 is 9.47 Å². The largest absolute Gasteiger partial charge is 0.385 e. The van der Waals surface area contributed by atoms with E-state index in [9.17, 15) is 0 Å². The highest BCUT2D eigenvalue weighted by atomic mass is 127. The van der Waals surface area contributed by atoms with Crippen LogP contribution in [-0.2, 0) is 9.47 Å². The number of nitrogens with one attached hydrogen (secondary N) is 2. The van der Waals surface area contributed by atoms with Crippen molar-refractivity contribution in [3.63, 3.8) is 0 Å². The van der Waals surface area contributed by atoms with Crippen molar-refractivity contribution in [1.29, 1.82) is 0 Å². The van der Waals surface area contributed by atoms with Gasteiger partial charge in [0.05, 0.1) is 0 Å². The lowest BCUT2D eigenvalue weighted by Crippen LogP contribution is -2.43. The van der Waals surface area contributed by atoms with Gasteiger partial charge < -0.3 is 20.1 Å². The van der Waals surface area contributed by atoms with E-state index in [2.05, 4.69) is 24.5 Å². The van der Waals surface area contributed by atoms with Gasteiger partial charge in [0.1, 0.15) is 0 Å². The fraction of sp³-hybridized carbons (Fsp3) is 0.950. The third-order valence-electron chi connectivity index (χ3n) is 5.99. The summed E-state index contributed by atoms with van der Waals surface area (Å²) in [4.78, 5) is 4.91. The Kier molecular flexibility index (Phi) is 11.4. The fourth-order valence-electron chi connectivity index (χ4n) is 3.92. The molecule has 0 amide bonds. The van der Waals surface area contributed by atoms with E-state index >= 15 is 0 Å². The molecule has 6 heteroatoms. The third kappa shape index (κ3) is 7.89. The molecule has 0 unspecified atom stereocenters. The molecule has 154 valence electrons. The highest BCUT2D eigenvalue weighted by Crippen LogP contribution is 2.49. The van der Waals surface area contributed by atoms with Gasteiger partial charge in [0.2, 0.25) is 0 Å². The predicted molar refractivity (Wildman–Crippen MR) is 120 cm³/mol. The molecule has 0 atom stereocenters. The van der Waals surface area contributed by atoms with Crippen LogP contribution in [0.4, 0.5) is 0 Å². The van der Waals surface area contributed by atoms with Crippen molar-refractivity contribution in [2.45, 2.75) is 65.2 Å². The summed E-state index contributed by atoms with van der Waals surface area (Å²) in [5, 5.41) is 7.06. The first kappa shape index (κ1) is 24.0. The van der Waals surface area contributed by atoms with Gasteiger partial charge in [0, 0.05) is 46.6 Å². The van der Waals surface area contributed by atoms with Crippen LogP contribution in [0.25, 0.3) is 0 Å². The molecule has 0 aromatic carbocycles. The maximum absolute atomic E-state index is 5.54. The summed E-state index contributed by atoms with van der Waals surface area (Å²) in [6.07, 6.45) is 10.2. The lowest BCUT2D eigenvalue weighted by molar-refractivity contribution is 0.129. The minimum absolute atomic E-state index is 0. The Bertz CT molecular complexity index is 408. The SMILES string of the molecule is CCNC(=NCC1(CCOCC)CC1)NCC1(CCOC)CCCC1.I. The topological polar surface area (TPSA) is 54.9 Å². The maximum atomic E-state index is 5.54. The first-order valence-electron chi connectivity index (χ1n) is 10.3. The molecule has 0 saturated heterocycles. The second kappa shape index (κ2) is 12.4. The summed E-state index contributed by atoms with van der Waals surface area (Å²) >= 11 is 0. The van der Waals surface area contributed by atoms with Crippen molar-refractivity contribution in [3.05, 3.63) is 0 Å². The molecule has 26 heavy (non-hydrogen) atoms. The average Bonchev–Trinajstić information content (AvgIpc) is 3.24. The first-order chi connectivity index (χ1) is 12.2. The number of nitrogens with zero attached hydrogens (tertiary/aromatic N) is 1. The molecular weight excluding hydrogens is 441 g/mol. The molecule has 2 fully saturated rings. The minimum Gasteiger partial charge on any atom is -0.385 e. The van der Waals surface area contributed by atoms with Crippen LogP contribution < -0.4 is 10.6 Å².